The number of benzene rings is 2. The monoisotopic (exact) mass is 338 g/mol. The van der Waals surface area contributed by atoms with Crippen LogP contribution in [0.5, 0.6) is 0 Å². The summed E-state index contributed by atoms with van der Waals surface area (Å²) in [4.78, 5) is 11.8. The first-order chi connectivity index (χ1) is 12.3. The minimum absolute atomic E-state index is 0.101. The summed E-state index contributed by atoms with van der Waals surface area (Å²) in [5.74, 6) is 0.265. The van der Waals surface area contributed by atoms with Gasteiger partial charge in [-0.2, -0.15) is 0 Å². The molecule has 2 N–H and O–H groups in total. The van der Waals surface area contributed by atoms with Crippen LogP contribution in [0.3, 0.4) is 0 Å². The fourth-order valence-corrected chi connectivity index (χ4v) is 3.51. The summed E-state index contributed by atoms with van der Waals surface area (Å²) in [6, 6.07) is 21.5. The summed E-state index contributed by atoms with van der Waals surface area (Å²) in [5.41, 5.74) is 2.58. The van der Waals surface area contributed by atoms with Crippen molar-refractivity contribution in [1.82, 2.24) is 10.6 Å². The molecule has 0 radical (unpaired) electrons. The van der Waals surface area contributed by atoms with Crippen LogP contribution in [0.1, 0.15) is 36.8 Å². The Kier molecular flexibility index (Phi) is 6.07. The van der Waals surface area contributed by atoms with Crippen molar-refractivity contribution in [1.29, 1.82) is 0 Å². The van der Waals surface area contributed by atoms with Crippen LogP contribution in [0.2, 0.25) is 0 Å². The molecule has 25 heavy (non-hydrogen) atoms. The van der Waals surface area contributed by atoms with Crippen molar-refractivity contribution in [2.75, 3.05) is 13.2 Å². The van der Waals surface area contributed by atoms with Gasteiger partial charge in [-0.05, 0) is 24.0 Å². The van der Waals surface area contributed by atoms with Crippen LogP contribution >= 0.6 is 0 Å². The average Bonchev–Trinajstić information content (AvgIpc) is 3.10. The van der Waals surface area contributed by atoms with E-state index in [-0.39, 0.29) is 24.1 Å². The highest BCUT2D eigenvalue weighted by atomic mass is 16.5. The van der Waals surface area contributed by atoms with Crippen LogP contribution in [0.25, 0.3) is 0 Å². The van der Waals surface area contributed by atoms with Crippen LogP contribution in [0, 0.1) is 0 Å². The number of rotatable bonds is 6. The molecule has 4 nitrogen and oxygen atoms in total. The van der Waals surface area contributed by atoms with E-state index in [0.717, 1.165) is 19.4 Å². The van der Waals surface area contributed by atoms with Crippen LogP contribution in [-0.2, 0) is 4.74 Å². The summed E-state index contributed by atoms with van der Waals surface area (Å²) < 4.78 is 5.14. The maximum Gasteiger partial charge on any atom is 0.407 e. The van der Waals surface area contributed by atoms with Crippen molar-refractivity contribution in [3.8, 4) is 0 Å². The maximum atomic E-state index is 11.8. The Labute approximate surface area is 149 Å². The Morgan fingerprint density at radius 2 is 1.72 bits per heavy atom. The number of hydrogen-bond acceptors (Lipinski definition) is 3. The summed E-state index contributed by atoms with van der Waals surface area (Å²) in [6.07, 6.45) is 1.41. The van der Waals surface area contributed by atoms with Crippen molar-refractivity contribution in [3.63, 3.8) is 0 Å². The van der Waals surface area contributed by atoms with Gasteiger partial charge in [0, 0.05) is 24.5 Å². The Balaban J connectivity index is 1.72. The van der Waals surface area contributed by atoms with E-state index in [9.17, 15) is 4.79 Å². The van der Waals surface area contributed by atoms with Crippen LogP contribution < -0.4 is 10.6 Å². The van der Waals surface area contributed by atoms with E-state index in [2.05, 4.69) is 59.2 Å². The number of carbonyl (C=O) groups is 1. The third-order valence-electron chi connectivity index (χ3n) is 4.64. The fourth-order valence-electron chi connectivity index (χ4n) is 3.51. The third-order valence-corrected chi connectivity index (χ3v) is 4.64. The second kappa shape index (κ2) is 8.67. The molecule has 1 fully saturated rings. The van der Waals surface area contributed by atoms with E-state index < -0.39 is 0 Å². The van der Waals surface area contributed by atoms with Gasteiger partial charge in [-0.25, -0.2) is 4.79 Å². The molecule has 2 atom stereocenters. The molecule has 1 amide bonds. The van der Waals surface area contributed by atoms with Gasteiger partial charge in [-0.15, -0.1) is 0 Å². The van der Waals surface area contributed by atoms with E-state index in [1.807, 2.05) is 19.1 Å². The Hall–Kier alpha value is -2.33. The number of hydrogen-bond donors (Lipinski definition) is 2. The van der Waals surface area contributed by atoms with Crippen molar-refractivity contribution in [2.24, 2.45) is 0 Å². The summed E-state index contributed by atoms with van der Waals surface area (Å²) in [5, 5.41) is 6.57. The smallest absolute Gasteiger partial charge is 0.407 e. The minimum atomic E-state index is -0.315. The summed E-state index contributed by atoms with van der Waals surface area (Å²) >= 11 is 0. The van der Waals surface area contributed by atoms with Crippen LogP contribution in [-0.4, -0.2) is 31.3 Å². The van der Waals surface area contributed by atoms with Gasteiger partial charge < -0.3 is 15.4 Å². The van der Waals surface area contributed by atoms with Gasteiger partial charge in [0.25, 0.3) is 0 Å². The minimum Gasteiger partial charge on any atom is -0.450 e. The van der Waals surface area contributed by atoms with E-state index in [0.29, 0.717) is 6.61 Å². The lowest BCUT2D eigenvalue weighted by Gasteiger charge is -2.25. The fraction of sp³-hybridized carbons (Fsp3) is 0.381. The molecule has 1 heterocycles. The van der Waals surface area contributed by atoms with Crippen molar-refractivity contribution in [3.05, 3.63) is 71.8 Å². The Bertz CT molecular complexity index is 621. The first-order valence-corrected chi connectivity index (χ1v) is 9.04. The molecule has 132 valence electrons. The predicted molar refractivity (Wildman–Crippen MR) is 99.7 cm³/mol. The lowest BCUT2D eigenvalue weighted by molar-refractivity contribution is 0.143. The highest BCUT2D eigenvalue weighted by Gasteiger charge is 2.33. The molecule has 1 aliphatic rings. The SMILES string of the molecule is CCCOC(=O)N[C@@H]1CN[C@H](C(c2ccccc2)c2ccccc2)C1. The average molecular weight is 338 g/mol. The number of nitrogens with one attached hydrogen (secondary N) is 2. The van der Waals surface area contributed by atoms with E-state index in [4.69, 9.17) is 4.74 Å². The first-order valence-electron chi connectivity index (χ1n) is 9.04. The number of ether oxygens (including phenoxy) is 1. The zero-order chi connectivity index (χ0) is 17.5. The second-order valence-electron chi connectivity index (χ2n) is 6.53. The Morgan fingerprint density at radius 3 is 2.28 bits per heavy atom. The molecule has 0 spiro atoms. The third kappa shape index (κ3) is 4.60. The molecule has 0 aliphatic carbocycles. The lowest BCUT2D eigenvalue weighted by atomic mass is 9.84. The van der Waals surface area contributed by atoms with Gasteiger partial charge in [-0.1, -0.05) is 67.6 Å². The standard InChI is InChI=1S/C21H26N2O2/c1-2-13-25-21(24)23-18-14-19(22-15-18)20(16-9-5-3-6-10-16)17-11-7-4-8-12-17/h3-12,18-20,22H,2,13-15H2,1H3,(H,23,24)/t18-,19-/m0/s1. The van der Waals surface area contributed by atoms with Gasteiger partial charge in [-0.3, -0.25) is 0 Å². The normalized spacial score (nSPS) is 19.8. The molecule has 2 aromatic rings. The molecule has 1 saturated heterocycles. The van der Waals surface area contributed by atoms with E-state index >= 15 is 0 Å². The van der Waals surface area contributed by atoms with Gasteiger partial charge in [0.15, 0.2) is 0 Å². The van der Waals surface area contributed by atoms with E-state index in [1.54, 1.807) is 0 Å². The number of alkyl carbamates (subject to hydrolysis) is 1. The molecule has 2 aromatic carbocycles. The number of amides is 1. The lowest BCUT2D eigenvalue weighted by Crippen LogP contribution is -2.36. The van der Waals surface area contributed by atoms with Crippen molar-refractivity contribution in [2.45, 2.75) is 37.8 Å². The largest absolute Gasteiger partial charge is 0.450 e. The van der Waals surface area contributed by atoms with Gasteiger partial charge in [0.05, 0.1) is 6.61 Å². The highest BCUT2D eigenvalue weighted by molar-refractivity contribution is 5.67. The highest BCUT2D eigenvalue weighted by Crippen LogP contribution is 2.32. The summed E-state index contributed by atoms with van der Waals surface area (Å²) in [6.45, 7) is 3.22. The first kappa shape index (κ1) is 17.5. The van der Waals surface area contributed by atoms with Gasteiger partial charge in [0.1, 0.15) is 0 Å². The van der Waals surface area contributed by atoms with Crippen molar-refractivity contribution >= 4 is 6.09 Å². The molecule has 4 heteroatoms. The Morgan fingerprint density at radius 1 is 1.12 bits per heavy atom. The van der Waals surface area contributed by atoms with Gasteiger partial charge >= 0.3 is 6.09 Å². The molecule has 0 saturated carbocycles. The quantitative estimate of drug-likeness (QED) is 0.845. The molecule has 0 bridgehead atoms. The molecule has 1 aliphatic heterocycles. The zero-order valence-corrected chi connectivity index (χ0v) is 14.7. The predicted octanol–water partition coefficient (Wildman–Crippen LogP) is 3.69. The summed E-state index contributed by atoms with van der Waals surface area (Å²) in [7, 11) is 0. The molecule has 3 rings (SSSR count). The van der Waals surface area contributed by atoms with Crippen molar-refractivity contribution < 1.29 is 9.53 Å². The zero-order valence-electron chi connectivity index (χ0n) is 14.7. The van der Waals surface area contributed by atoms with Gasteiger partial charge in [0.2, 0.25) is 0 Å². The maximum absolute atomic E-state index is 11.8. The van der Waals surface area contributed by atoms with E-state index in [1.165, 1.54) is 11.1 Å². The molecule has 0 aromatic heterocycles. The second-order valence-corrected chi connectivity index (χ2v) is 6.53. The molecule has 0 unspecified atom stereocenters. The van der Waals surface area contributed by atoms with Crippen LogP contribution in [0.15, 0.2) is 60.7 Å². The van der Waals surface area contributed by atoms with Crippen LogP contribution in [0.4, 0.5) is 4.79 Å². The topological polar surface area (TPSA) is 50.4 Å². The molecular weight excluding hydrogens is 312 g/mol. The number of carbonyl (C=O) groups excluding carboxylic acids is 1. The molecular formula is C21H26N2O2.